The SMILES string of the molecule is C=C(CCN)c1cccc(C)c1. The Kier molecular flexibility index (Phi) is 3.06. The Hall–Kier alpha value is -1.08. The molecule has 0 heterocycles. The number of hydrogen-bond donors (Lipinski definition) is 1. The van der Waals surface area contributed by atoms with Gasteiger partial charge in [0.2, 0.25) is 0 Å². The van der Waals surface area contributed by atoms with Crippen molar-refractivity contribution >= 4 is 5.57 Å². The van der Waals surface area contributed by atoms with E-state index < -0.39 is 0 Å². The van der Waals surface area contributed by atoms with Crippen molar-refractivity contribution in [3.8, 4) is 0 Å². The van der Waals surface area contributed by atoms with Crippen molar-refractivity contribution in [3.05, 3.63) is 42.0 Å². The lowest BCUT2D eigenvalue weighted by Crippen LogP contribution is -1.99. The monoisotopic (exact) mass is 161 g/mol. The molecule has 12 heavy (non-hydrogen) atoms. The normalized spacial score (nSPS) is 9.83. The summed E-state index contributed by atoms with van der Waals surface area (Å²) in [4.78, 5) is 0. The largest absolute Gasteiger partial charge is 0.330 e. The zero-order valence-electron chi connectivity index (χ0n) is 7.51. The van der Waals surface area contributed by atoms with Crippen molar-refractivity contribution in [1.29, 1.82) is 0 Å². The van der Waals surface area contributed by atoms with Gasteiger partial charge in [0.15, 0.2) is 0 Å². The molecule has 0 aromatic heterocycles. The summed E-state index contributed by atoms with van der Waals surface area (Å²) in [6, 6.07) is 8.34. The smallest absolute Gasteiger partial charge is 0.00367 e. The zero-order valence-corrected chi connectivity index (χ0v) is 7.51. The summed E-state index contributed by atoms with van der Waals surface area (Å²) in [6.45, 7) is 6.73. The maximum absolute atomic E-state index is 5.44. The van der Waals surface area contributed by atoms with Crippen LogP contribution in [0, 0.1) is 6.92 Å². The van der Waals surface area contributed by atoms with Crippen LogP contribution in [0.4, 0.5) is 0 Å². The van der Waals surface area contributed by atoms with Gasteiger partial charge in [-0.3, -0.25) is 0 Å². The number of benzene rings is 1. The van der Waals surface area contributed by atoms with Crippen LogP contribution in [0.1, 0.15) is 17.5 Å². The van der Waals surface area contributed by atoms with E-state index in [1.165, 1.54) is 11.1 Å². The second-order valence-corrected chi connectivity index (χ2v) is 3.01. The van der Waals surface area contributed by atoms with Crippen molar-refractivity contribution in [2.75, 3.05) is 6.54 Å². The van der Waals surface area contributed by atoms with E-state index in [0.717, 1.165) is 12.0 Å². The highest BCUT2D eigenvalue weighted by molar-refractivity contribution is 5.63. The van der Waals surface area contributed by atoms with Crippen molar-refractivity contribution in [2.24, 2.45) is 5.73 Å². The quantitative estimate of drug-likeness (QED) is 0.723. The van der Waals surface area contributed by atoms with E-state index in [4.69, 9.17) is 5.73 Å². The van der Waals surface area contributed by atoms with E-state index in [-0.39, 0.29) is 0 Å². The summed E-state index contributed by atoms with van der Waals surface area (Å²) >= 11 is 0. The molecule has 1 aromatic rings. The fourth-order valence-corrected chi connectivity index (χ4v) is 1.18. The van der Waals surface area contributed by atoms with E-state index in [9.17, 15) is 0 Å². The molecule has 0 aliphatic rings. The van der Waals surface area contributed by atoms with Crippen LogP contribution in [0.2, 0.25) is 0 Å². The Morgan fingerprint density at radius 3 is 2.83 bits per heavy atom. The fourth-order valence-electron chi connectivity index (χ4n) is 1.18. The summed E-state index contributed by atoms with van der Waals surface area (Å²) < 4.78 is 0. The fraction of sp³-hybridized carbons (Fsp3) is 0.273. The van der Waals surface area contributed by atoms with E-state index in [1.54, 1.807) is 0 Å². The van der Waals surface area contributed by atoms with Crippen LogP contribution >= 0.6 is 0 Å². The molecule has 0 saturated heterocycles. The summed E-state index contributed by atoms with van der Waals surface area (Å²) in [5, 5.41) is 0. The highest BCUT2D eigenvalue weighted by Crippen LogP contribution is 2.15. The number of rotatable bonds is 3. The van der Waals surface area contributed by atoms with Crippen molar-refractivity contribution in [2.45, 2.75) is 13.3 Å². The van der Waals surface area contributed by atoms with Gasteiger partial charge in [-0.15, -0.1) is 0 Å². The van der Waals surface area contributed by atoms with E-state index in [1.807, 2.05) is 6.07 Å². The molecular weight excluding hydrogens is 146 g/mol. The predicted octanol–water partition coefficient (Wildman–Crippen LogP) is 2.36. The third-order valence-electron chi connectivity index (χ3n) is 1.87. The highest BCUT2D eigenvalue weighted by Gasteiger charge is 1.96. The molecule has 1 heteroatoms. The van der Waals surface area contributed by atoms with Gasteiger partial charge in [-0.2, -0.15) is 0 Å². The summed E-state index contributed by atoms with van der Waals surface area (Å²) in [7, 11) is 0. The van der Waals surface area contributed by atoms with Gasteiger partial charge >= 0.3 is 0 Å². The van der Waals surface area contributed by atoms with Gasteiger partial charge in [0, 0.05) is 0 Å². The van der Waals surface area contributed by atoms with Crippen LogP contribution < -0.4 is 5.73 Å². The Morgan fingerprint density at radius 1 is 1.50 bits per heavy atom. The molecule has 0 aliphatic carbocycles. The van der Waals surface area contributed by atoms with Crippen LogP contribution in [0.25, 0.3) is 5.57 Å². The van der Waals surface area contributed by atoms with Crippen LogP contribution in [-0.4, -0.2) is 6.54 Å². The van der Waals surface area contributed by atoms with Crippen molar-refractivity contribution < 1.29 is 0 Å². The molecule has 0 atom stereocenters. The molecule has 0 amide bonds. The second kappa shape index (κ2) is 4.07. The lowest BCUT2D eigenvalue weighted by atomic mass is 10.0. The maximum atomic E-state index is 5.44. The van der Waals surface area contributed by atoms with Gasteiger partial charge in [0.1, 0.15) is 0 Å². The molecule has 0 radical (unpaired) electrons. The van der Waals surface area contributed by atoms with Gasteiger partial charge < -0.3 is 5.73 Å². The molecular formula is C11H15N. The van der Waals surface area contributed by atoms with E-state index >= 15 is 0 Å². The second-order valence-electron chi connectivity index (χ2n) is 3.01. The third-order valence-corrected chi connectivity index (χ3v) is 1.87. The molecule has 1 nitrogen and oxygen atoms in total. The Balaban J connectivity index is 2.81. The average Bonchev–Trinajstić information content (AvgIpc) is 2.05. The van der Waals surface area contributed by atoms with Crippen LogP contribution in [0.5, 0.6) is 0 Å². The molecule has 0 aliphatic heterocycles. The Bertz CT molecular complexity index is 276. The summed E-state index contributed by atoms with van der Waals surface area (Å²) in [6.07, 6.45) is 0.878. The number of hydrogen-bond acceptors (Lipinski definition) is 1. The molecule has 2 N–H and O–H groups in total. The van der Waals surface area contributed by atoms with Gasteiger partial charge in [0.25, 0.3) is 0 Å². The summed E-state index contributed by atoms with van der Waals surface area (Å²) in [5.74, 6) is 0. The molecule has 1 aromatic carbocycles. The van der Waals surface area contributed by atoms with Crippen LogP contribution in [-0.2, 0) is 0 Å². The van der Waals surface area contributed by atoms with Gasteiger partial charge in [-0.05, 0) is 31.0 Å². The van der Waals surface area contributed by atoms with Gasteiger partial charge in [-0.1, -0.05) is 36.4 Å². The summed E-state index contributed by atoms with van der Waals surface area (Å²) in [5.41, 5.74) is 9.05. The molecule has 0 spiro atoms. The first-order chi connectivity index (χ1) is 5.74. The third kappa shape index (κ3) is 2.21. The van der Waals surface area contributed by atoms with Gasteiger partial charge in [-0.25, -0.2) is 0 Å². The van der Waals surface area contributed by atoms with Crippen LogP contribution in [0.15, 0.2) is 30.8 Å². The van der Waals surface area contributed by atoms with E-state index in [2.05, 4.69) is 31.7 Å². The Labute approximate surface area is 73.9 Å². The van der Waals surface area contributed by atoms with Crippen molar-refractivity contribution in [1.82, 2.24) is 0 Å². The van der Waals surface area contributed by atoms with Crippen molar-refractivity contribution in [3.63, 3.8) is 0 Å². The minimum atomic E-state index is 0.673. The number of nitrogens with two attached hydrogens (primary N) is 1. The molecule has 0 fully saturated rings. The predicted molar refractivity (Wildman–Crippen MR) is 53.9 cm³/mol. The minimum absolute atomic E-state index is 0.673. The molecule has 0 unspecified atom stereocenters. The van der Waals surface area contributed by atoms with E-state index in [0.29, 0.717) is 6.54 Å². The first kappa shape index (κ1) is 9.01. The molecule has 0 bridgehead atoms. The topological polar surface area (TPSA) is 26.0 Å². The standard InChI is InChI=1S/C11H15N/c1-9-4-3-5-11(8-9)10(2)6-7-12/h3-5,8H,2,6-7,12H2,1H3. The molecule has 1 rings (SSSR count). The minimum Gasteiger partial charge on any atom is -0.330 e. The molecule has 0 saturated carbocycles. The first-order valence-electron chi connectivity index (χ1n) is 4.19. The Morgan fingerprint density at radius 2 is 2.25 bits per heavy atom. The zero-order chi connectivity index (χ0) is 8.97. The number of aryl methyl sites for hydroxylation is 1. The maximum Gasteiger partial charge on any atom is -0.00367 e. The average molecular weight is 161 g/mol. The van der Waals surface area contributed by atoms with Crippen LogP contribution in [0.3, 0.4) is 0 Å². The lowest BCUT2D eigenvalue weighted by molar-refractivity contribution is 1.02. The lowest BCUT2D eigenvalue weighted by Gasteiger charge is -2.04. The molecule has 64 valence electrons. The first-order valence-corrected chi connectivity index (χ1v) is 4.19. The van der Waals surface area contributed by atoms with Gasteiger partial charge in [0.05, 0.1) is 0 Å². The highest BCUT2D eigenvalue weighted by atomic mass is 14.5.